The van der Waals surface area contributed by atoms with Gasteiger partial charge in [-0.25, -0.2) is 4.39 Å². The number of amides is 1. The predicted molar refractivity (Wildman–Crippen MR) is 85.8 cm³/mol. The molecule has 0 spiro atoms. The van der Waals surface area contributed by atoms with Gasteiger partial charge < -0.3 is 10.1 Å². The molecule has 3 nitrogen and oxygen atoms in total. The highest BCUT2D eigenvalue weighted by Gasteiger charge is 2.15. The van der Waals surface area contributed by atoms with Crippen LogP contribution in [0.1, 0.15) is 23.6 Å². The third-order valence-corrected chi connectivity index (χ3v) is 3.32. The van der Waals surface area contributed by atoms with Crippen LogP contribution in [0.5, 0.6) is 5.75 Å². The van der Waals surface area contributed by atoms with Gasteiger partial charge in [-0.1, -0.05) is 12.1 Å². The standard InChI is InChI=1S/C18H20FNO2/c1-11-7-12(2)9-16(8-11)22-14(4)18(21)20-15-6-5-13(3)17(19)10-15/h5-10,14H,1-4H3,(H,20,21). The first kappa shape index (κ1) is 16.0. The Morgan fingerprint density at radius 2 is 1.73 bits per heavy atom. The number of carbonyl (C=O) groups is 1. The zero-order valence-corrected chi connectivity index (χ0v) is 13.2. The van der Waals surface area contributed by atoms with E-state index in [4.69, 9.17) is 4.74 Å². The Bertz CT molecular complexity index is 677. The highest BCUT2D eigenvalue weighted by molar-refractivity contribution is 5.94. The molecule has 0 aliphatic carbocycles. The summed E-state index contributed by atoms with van der Waals surface area (Å²) in [6.45, 7) is 7.28. The fraction of sp³-hybridized carbons (Fsp3) is 0.278. The second kappa shape index (κ2) is 6.60. The highest BCUT2D eigenvalue weighted by atomic mass is 19.1. The first-order chi connectivity index (χ1) is 10.3. The average molecular weight is 301 g/mol. The van der Waals surface area contributed by atoms with Crippen molar-refractivity contribution in [3.63, 3.8) is 0 Å². The molecule has 1 amide bonds. The number of halogens is 1. The number of benzene rings is 2. The van der Waals surface area contributed by atoms with Crippen molar-refractivity contribution in [1.29, 1.82) is 0 Å². The normalized spacial score (nSPS) is 11.9. The molecule has 2 aromatic rings. The molecule has 4 heteroatoms. The number of ether oxygens (including phenoxy) is 1. The lowest BCUT2D eigenvalue weighted by Crippen LogP contribution is -2.30. The summed E-state index contributed by atoms with van der Waals surface area (Å²) in [4.78, 5) is 12.1. The summed E-state index contributed by atoms with van der Waals surface area (Å²) >= 11 is 0. The van der Waals surface area contributed by atoms with Gasteiger partial charge in [0.05, 0.1) is 0 Å². The first-order valence-electron chi connectivity index (χ1n) is 7.17. The fourth-order valence-corrected chi connectivity index (χ4v) is 2.17. The van der Waals surface area contributed by atoms with Crippen LogP contribution in [0.25, 0.3) is 0 Å². The Balaban J connectivity index is 2.04. The third-order valence-electron chi connectivity index (χ3n) is 3.32. The van der Waals surface area contributed by atoms with Gasteiger partial charge in [-0.2, -0.15) is 0 Å². The molecule has 0 saturated heterocycles. The Morgan fingerprint density at radius 1 is 1.09 bits per heavy atom. The van der Waals surface area contributed by atoms with Crippen LogP contribution >= 0.6 is 0 Å². The van der Waals surface area contributed by atoms with Gasteiger partial charge in [0.15, 0.2) is 6.10 Å². The molecule has 0 heterocycles. The molecule has 1 N–H and O–H groups in total. The minimum Gasteiger partial charge on any atom is -0.481 e. The van der Waals surface area contributed by atoms with Crippen LogP contribution in [0.2, 0.25) is 0 Å². The van der Waals surface area contributed by atoms with Crippen molar-refractivity contribution < 1.29 is 13.9 Å². The minimum atomic E-state index is -0.675. The van der Waals surface area contributed by atoms with Crippen molar-refractivity contribution in [2.45, 2.75) is 33.8 Å². The first-order valence-corrected chi connectivity index (χ1v) is 7.17. The van der Waals surface area contributed by atoms with Gasteiger partial charge in [0.1, 0.15) is 11.6 Å². The maximum Gasteiger partial charge on any atom is 0.265 e. The molecular formula is C18H20FNO2. The zero-order chi connectivity index (χ0) is 16.3. The van der Waals surface area contributed by atoms with Gasteiger partial charge >= 0.3 is 0 Å². The quantitative estimate of drug-likeness (QED) is 0.921. The summed E-state index contributed by atoms with van der Waals surface area (Å²) in [5.74, 6) is -0.0154. The topological polar surface area (TPSA) is 38.3 Å². The molecule has 1 unspecified atom stereocenters. The Hall–Kier alpha value is -2.36. The lowest BCUT2D eigenvalue weighted by Gasteiger charge is -2.16. The third kappa shape index (κ3) is 4.07. The van der Waals surface area contributed by atoms with Crippen molar-refractivity contribution in [1.82, 2.24) is 0 Å². The molecule has 0 aliphatic heterocycles. The SMILES string of the molecule is Cc1cc(C)cc(OC(C)C(=O)Nc2ccc(C)c(F)c2)c1. The maximum absolute atomic E-state index is 13.5. The predicted octanol–water partition coefficient (Wildman–Crippen LogP) is 4.16. The van der Waals surface area contributed by atoms with Gasteiger partial charge in [0, 0.05) is 5.69 Å². The molecule has 0 radical (unpaired) electrons. The molecule has 0 bridgehead atoms. The number of carbonyl (C=O) groups excluding carboxylic acids is 1. The number of nitrogens with one attached hydrogen (secondary N) is 1. The molecule has 22 heavy (non-hydrogen) atoms. The largest absolute Gasteiger partial charge is 0.481 e. The fourth-order valence-electron chi connectivity index (χ4n) is 2.17. The van der Waals surface area contributed by atoms with Crippen LogP contribution in [0, 0.1) is 26.6 Å². The second-order valence-electron chi connectivity index (χ2n) is 5.54. The number of anilines is 1. The average Bonchev–Trinajstić information content (AvgIpc) is 2.41. The number of hydrogen-bond acceptors (Lipinski definition) is 2. The van der Waals surface area contributed by atoms with E-state index in [0.29, 0.717) is 17.0 Å². The zero-order valence-electron chi connectivity index (χ0n) is 13.2. The lowest BCUT2D eigenvalue weighted by molar-refractivity contribution is -0.122. The van der Waals surface area contributed by atoms with Gasteiger partial charge in [-0.15, -0.1) is 0 Å². The maximum atomic E-state index is 13.5. The molecule has 0 aromatic heterocycles. The molecule has 2 rings (SSSR count). The van der Waals surface area contributed by atoms with Crippen molar-refractivity contribution >= 4 is 11.6 Å². The van der Waals surface area contributed by atoms with Gasteiger partial charge in [0.25, 0.3) is 5.91 Å². The van der Waals surface area contributed by atoms with E-state index < -0.39 is 6.10 Å². The van der Waals surface area contributed by atoms with Crippen LogP contribution < -0.4 is 10.1 Å². The van der Waals surface area contributed by atoms with E-state index in [1.165, 1.54) is 6.07 Å². The van der Waals surface area contributed by atoms with Crippen molar-refractivity contribution in [2.24, 2.45) is 0 Å². The van der Waals surface area contributed by atoms with E-state index >= 15 is 0 Å². The Labute approximate surface area is 130 Å². The molecular weight excluding hydrogens is 281 g/mol. The molecule has 0 saturated carbocycles. The van der Waals surface area contributed by atoms with Crippen molar-refractivity contribution in [2.75, 3.05) is 5.32 Å². The van der Waals surface area contributed by atoms with Crippen LogP contribution in [0.3, 0.4) is 0 Å². The van der Waals surface area contributed by atoms with Gasteiger partial charge in [-0.05, 0) is 68.7 Å². The summed E-state index contributed by atoms with van der Waals surface area (Å²) < 4.78 is 19.1. The van der Waals surface area contributed by atoms with Crippen molar-refractivity contribution in [3.8, 4) is 5.75 Å². The molecule has 116 valence electrons. The number of rotatable bonds is 4. The molecule has 0 aliphatic rings. The lowest BCUT2D eigenvalue weighted by atomic mass is 10.1. The van der Waals surface area contributed by atoms with Crippen LogP contribution in [-0.2, 0) is 4.79 Å². The van der Waals surface area contributed by atoms with Crippen molar-refractivity contribution in [3.05, 3.63) is 58.9 Å². The molecule has 2 aromatic carbocycles. The van der Waals surface area contributed by atoms with Gasteiger partial charge in [-0.3, -0.25) is 4.79 Å². The number of hydrogen-bond donors (Lipinski definition) is 1. The van der Waals surface area contributed by atoms with Gasteiger partial charge in [0.2, 0.25) is 0 Å². The number of aryl methyl sites for hydroxylation is 3. The van der Waals surface area contributed by atoms with E-state index in [1.807, 2.05) is 32.0 Å². The summed E-state index contributed by atoms with van der Waals surface area (Å²) in [7, 11) is 0. The van der Waals surface area contributed by atoms with E-state index in [1.54, 1.807) is 26.0 Å². The monoisotopic (exact) mass is 301 g/mol. The van der Waals surface area contributed by atoms with E-state index in [-0.39, 0.29) is 11.7 Å². The second-order valence-corrected chi connectivity index (χ2v) is 5.54. The summed E-state index contributed by atoms with van der Waals surface area (Å²) in [5, 5.41) is 2.66. The van der Waals surface area contributed by atoms with E-state index in [2.05, 4.69) is 5.32 Å². The minimum absolute atomic E-state index is 0.317. The van der Waals surface area contributed by atoms with E-state index in [9.17, 15) is 9.18 Å². The molecule has 1 atom stereocenters. The van der Waals surface area contributed by atoms with Crippen LogP contribution in [-0.4, -0.2) is 12.0 Å². The van der Waals surface area contributed by atoms with Crippen LogP contribution in [0.15, 0.2) is 36.4 Å². The Morgan fingerprint density at radius 3 is 2.32 bits per heavy atom. The smallest absolute Gasteiger partial charge is 0.265 e. The molecule has 0 fully saturated rings. The summed E-state index contributed by atoms with van der Waals surface area (Å²) in [6.07, 6.45) is -0.675. The van der Waals surface area contributed by atoms with E-state index in [0.717, 1.165) is 11.1 Å². The van der Waals surface area contributed by atoms with Crippen LogP contribution in [0.4, 0.5) is 10.1 Å². The summed E-state index contributed by atoms with van der Waals surface area (Å²) in [5.41, 5.74) is 3.10. The summed E-state index contributed by atoms with van der Waals surface area (Å²) in [6, 6.07) is 10.4. The Kier molecular flexibility index (Phi) is 4.81. The highest BCUT2D eigenvalue weighted by Crippen LogP contribution is 2.19.